The summed E-state index contributed by atoms with van der Waals surface area (Å²) in [7, 11) is 0. The Morgan fingerprint density at radius 3 is 2.40 bits per heavy atom. The van der Waals surface area contributed by atoms with E-state index in [2.05, 4.69) is 17.9 Å². The molecule has 132 valence electrons. The molecule has 0 heterocycles. The third-order valence-electron chi connectivity index (χ3n) is 4.06. The van der Waals surface area contributed by atoms with Gasteiger partial charge in [0.25, 0.3) is 0 Å². The van der Waals surface area contributed by atoms with E-state index in [4.69, 9.17) is 0 Å². The molecule has 0 aromatic heterocycles. The van der Waals surface area contributed by atoms with Gasteiger partial charge in [0.15, 0.2) is 0 Å². The Morgan fingerprint density at radius 2 is 1.80 bits per heavy atom. The van der Waals surface area contributed by atoms with E-state index in [-0.39, 0.29) is 17.4 Å². The first-order valence-corrected chi connectivity index (χ1v) is 8.89. The molecule has 2 rings (SSSR count). The molecule has 1 amide bonds. The van der Waals surface area contributed by atoms with Gasteiger partial charge in [-0.15, -0.1) is 0 Å². The Labute approximate surface area is 153 Å². The first-order valence-electron chi connectivity index (χ1n) is 8.26. The number of aromatic carboxylic acids is 1. The predicted octanol–water partition coefficient (Wildman–Crippen LogP) is 4.51. The minimum absolute atomic E-state index is 0.133. The average molecular weight is 357 g/mol. The van der Waals surface area contributed by atoms with Crippen LogP contribution >= 0.6 is 12.6 Å². The standard InChI is InChI=1S/C20H23NO3S/c1-13(2)16-9-17(20(23)24)11-18(10-16)21-19(22)8-7-14-5-3-4-6-15(14)12-25/h3-6,9-11,13,25H,7-8,12H2,1-2H3,(H,21,22)(H,23,24). The second-order valence-corrected chi connectivity index (χ2v) is 6.59. The highest BCUT2D eigenvalue weighted by Gasteiger charge is 2.12. The Kier molecular flexibility index (Phi) is 6.65. The quantitative estimate of drug-likeness (QED) is 0.639. The van der Waals surface area contributed by atoms with Crippen molar-refractivity contribution in [2.75, 3.05) is 5.32 Å². The van der Waals surface area contributed by atoms with Gasteiger partial charge in [0.1, 0.15) is 0 Å². The molecule has 2 aromatic carbocycles. The monoisotopic (exact) mass is 357 g/mol. The molecule has 0 unspecified atom stereocenters. The van der Waals surface area contributed by atoms with Gasteiger partial charge >= 0.3 is 5.97 Å². The van der Waals surface area contributed by atoms with Crippen LogP contribution in [0.2, 0.25) is 0 Å². The van der Waals surface area contributed by atoms with E-state index in [1.165, 1.54) is 6.07 Å². The normalized spacial score (nSPS) is 10.7. The predicted molar refractivity (Wildman–Crippen MR) is 104 cm³/mol. The summed E-state index contributed by atoms with van der Waals surface area (Å²) in [5, 5.41) is 12.1. The van der Waals surface area contributed by atoms with Crippen LogP contribution in [0.25, 0.3) is 0 Å². The first kappa shape index (κ1) is 19.1. The molecule has 2 N–H and O–H groups in total. The highest BCUT2D eigenvalue weighted by molar-refractivity contribution is 7.79. The van der Waals surface area contributed by atoms with Crippen molar-refractivity contribution in [2.24, 2.45) is 0 Å². The Hall–Kier alpha value is -2.27. The third-order valence-corrected chi connectivity index (χ3v) is 4.40. The molecule has 0 spiro atoms. The number of carboxylic acids is 1. The van der Waals surface area contributed by atoms with E-state index in [1.54, 1.807) is 6.07 Å². The zero-order chi connectivity index (χ0) is 18.4. The maximum Gasteiger partial charge on any atom is 0.335 e. The number of rotatable bonds is 7. The molecule has 0 fully saturated rings. The molecule has 5 heteroatoms. The Morgan fingerprint density at radius 1 is 1.12 bits per heavy atom. The van der Waals surface area contributed by atoms with Crippen molar-refractivity contribution < 1.29 is 14.7 Å². The molecular weight excluding hydrogens is 334 g/mol. The van der Waals surface area contributed by atoms with E-state index in [9.17, 15) is 14.7 Å². The van der Waals surface area contributed by atoms with Crippen LogP contribution in [0.5, 0.6) is 0 Å². The summed E-state index contributed by atoms with van der Waals surface area (Å²) in [6.45, 7) is 3.97. The lowest BCUT2D eigenvalue weighted by molar-refractivity contribution is -0.116. The van der Waals surface area contributed by atoms with Crippen molar-refractivity contribution in [1.82, 2.24) is 0 Å². The molecule has 0 atom stereocenters. The third kappa shape index (κ3) is 5.36. The van der Waals surface area contributed by atoms with Crippen molar-refractivity contribution in [3.63, 3.8) is 0 Å². The largest absolute Gasteiger partial charge is 0.478 e. The Bertz CT molecular complexity index is 771. The van der Waals surface area contributed by atoms with Gasteiger partial charge in [-0.25, -0.2) is 4.79 Å². The first-order chi connectivity index (χ1) is 11.9. The Balaban J connectivity index is 2.08. The number of aryl methyl sites for hydroxylation is 1. The average Bonchev–Trinajstić information content (AvgIpc) is 2.59. The number of nitrogens with one attached hydrogen (secondary N) is 1. The van der Waals surface area contributed by atoms with E-state index in [0.29, 0.717) is 24.3 Å². The number of thiol groups is 1. The van der Waals surface area contributed by atoms with Crippen LogP contribution in [-0.2, 0) is 17.0 Å². The highest BCUT2D eigenvalue weighted by atomic mass is 32.1. The molecular formula is C20H23NO3S. The summed E-state index contributed by atoms with van der Waals surface area (Å²) in [6.07, 6.45) is 0.956. The maximum absolute atomic E-state index is 12.3. The van der Waals surface area contributed by atoms with E-state index < -0.39 is 5.97 Å². The van der Waals surface area contributed by atoms with Gasteiger partial charge in [0.05, 0.1) is 5.56 Å². The fraction of sp³-hybridized carbons (Fsp3) is 0.300. The van der Waals surface area contributed by atoms with Crippen LogP contribution < -0.4 is 5.32 Å². The summed E-state index contributed by atoms with van der Waals surface area (Å²) < 4.78 is 0. The lowest BCUT2D eigenvalue weighted by Crippen LogP contribution is -2.14. The number of benzene rings is 2. The number of hydrogen-bond acceptors (Lipinski definition) is 3. The van der Waals surface area contributed by atoms with Gasteiger partial charge < -0.3 is 10.4 Å². The minimum atomic E-state index is -0.999. The zero-order valence-corrected chi connectivity index (χ0v) is 15.3. The number of amides is 1. The second kappa shape index (κ2) is 8.72. The zero-order valence-electron chi connectivity index (χ0n) is 14.5. The van der Waals surface area contributed by atoms with Crippen LogP contribution in [0, 0.1) is 0 Å². The summed E-state index contributed by atoms with van der Waals surface area (Å²) in [5.74, 6) is -0.319. The maximum atomic E-state index is 12.3. The minimum Gasteiger partial charge on any atom is -0.478 e. The fourth-order valence-corrected chi connectivity index (χ4v) is 2.92. The van der Waals surface area contributed by atoms with Crippen molar-refractivity contribution in [3.8, 4) is 0 Å². The number of hydrogen-bond donors (Lipinski definition) is 3. The molecule has 25 heavy (non-hydrogen) atoms. The molecule has 4 nitrogen and oxygen atoms in total. The molecule has 0 bridgehead atoms. The molecule has 0 aliphatic heterocycles. The summed E-state index contributed by atoms with van der Waals surface area (Å²) in [4.78, 5) is 23.5. The number of carbonyl (C=O) groups is 2. The number of carbonyl (C=O) groups excluding carboxylic acids is 1. The smallest absolute Gasteiger partial charge is 0.335 e. The van der Waals surface area contributed by atoms with Crippen LogP contribution in [0.4, 0.5) is 5.69 Å². The summed E-state index contributed by atoms with van der Waals surface area (Å²) in [5.41, 5.74) is 3.82. The molecule has 0 aliphatic rings. The topological polar surface area (TPSA) is 66.4 Å². The lowest BCUT2D eigenvalue weighted by atomic mass is 9.99. The van der Waals surface area contributed by atoms with Crippen LogP contribution in [-0.4, -0.2) is 17.0 Å². The molecule has 0 radical (unpaired) electrons. The van der Waals surface area contributed by atoms with Gasteiger partial charge in [-0.2, -0.15) is 12.6 Å². The number of carboxylic acid groups (broad SMARTS) is 1. The molecule has 0 saturated carbocycles. The van der Waals surface area contributed by atoms with Crippen LogP contribution in [0.1, 0.15) is 53.2 Å². The molecule has 0 aliphatic carbocycles. The van der Waals surface area contributed by atoms with Crippen molar-refractivity contribution in [3.05, 3.63) is 64.7 Å². The van der Waals surface area contributed by atoms with Crippen molar-refractivity contribution >= 4 is 30.2 Å². The van der Waals surface area contributed by atoms with E-state index >= 15 is 0 Å². The van der Waals surface area contributed by atoms with Gasteiger partial charge in [-0.1, -0.05) is 38.1 Å². The van der Waals surface area contributed by atoms with Gasteiger partial charge in [-0.05, 0) is 47.2 Å². The van der Waals surface area contributed by atoms with Gasteiger partial charge in [0, 0.05) is 17.9 Å². The SMILES string of the molecule is CC(C)c1cc(NC(=O)CCc2ccccc2CS)cc(C(=O)O)c1. The van der Waals surface area contributed by atoms with Crippen molar-refractivity contribution in [2.45, 2.75) is 38.4 Å². The summed E-state index contributed by atoms with van der Waals surface area (Å²) in [6, 6.07) is 12.9. The fourth-order valence-electron chi connectivity index (χ4n) is 2.61. The highest BCUT2D eigenvalue weighted by Crippen LogP contribution is 2.22. The van der Waals surface area contributed by atoms with Crippen LogP contribution in [0.15, 0.2) is 42.5 Å². The lowest BCUT2D eigenvalue weighted by Gasteiger charge is -2.12. The summed E-state index contributed by atoms with van der Waals surface area (Å²) >= 11 is 4.31. The van der Waals surface area contributed by atoms with Crippen LogP contribution in [0.3, 0.4) is 0 Å². The van der Waals surface area contributed by atoms with E-state index in [0.717, 1.165) is 16.7 Å². The van der Waals surface area contributed by atoms with Gasteiger partial charge in [-0.3, -0.25) is 4.79 Å². The molecule has 2 aromatic rings. The number of anilines is 1. The van der Waals surface area contributed by atoms with Crippen molar-refractivity contribution in [1.29, 1.82) is 0 Å². The van der Waals surface area contributed by atoms with Gasteiger partial charge in [0.2, 0.25) is 5.91 Å². The molecule has 0 saturated heterocycles. The van der Waals surface area contributed by atoms with E-state index in [1.807, 2.05) is 44.2 Å². The second-order valence-electron chi connectivity index (χ2n) is 6.28.